The maximum atomic E-state index is 5.34. The number of nitrogens with one attached hydrogen (secondary N) is 1. The summed E-state index contributed by atoms with van der Waals surface area (Å²) >= 11 is 0. The topological polar surface area (TPSA) is 58.0 Å². The first kappa shape index (κ1) is 17.9. The molecule has 5 heteroatoms. The molecule has 0 atom stereocenters. The molecule has 3 heterocycles. The van der Waals surface area contributed by atoms with Crippen molar-refractivity contribution in [2.45, 2.75) is 33.4 Å². The lowest BCUT2D eigenvalue weighted by Crippen LogP contribution is -2.30. The van der Waals surface area contributed by atoms with Crippen molar-refractivity contribution in [3.8, 4) is 22.4 Å². The molecule has 146 valence electrons. The van der Waals surface area contributed by atoms with E-state index in [1.165, 1.54) is 27.9 Å². The van der Waals surface area contributed by atoms with Gasteiger partial charge < -0.3 is 4.52 Å². The Kier molecular flexibility index (Phi) is 4.52. The molecule has 5 rings (SSSR count). The summed E-state index contributed by atoms with van der Waals surface area (Å²) < 4.78 is 5.34. The van der Waals surface area contributed by atoms with Gasteiger partial charge in [0.05, 0.1) is 11.4 Å². The van der Waals surface area contributed by atoms with Crippen molar-refractivity contribution in [2.24, 2.45) is 0 Å². The monoisotopic (exact) mass is 384 g/mol. The van der Waals surface area contributed by atoms with E-state index in [2.05, 4.69) is 68.8 Å². The van der Waals surface area contributed by atoms with Crippen LogP contribution in [0.15, 0.2) is 59.1 Å². The van der Waals surface area contributed by atoms with E-state index in [0.29, 0.717) is 0 Å². The zero-order valence-electron chi connectivity index (χ0n) is 16.8. The first-order valence-electron chi connectivity index (χ1n) is 10.0. The van der Waals surface area contributed by atoms with Crippen LogP contribution in [-0.2, 0) is 19.5 Å². The molecule has 1 aliphatic rings. The normalized spacial score (nSPS) is 14.1. The third kappa shape index (κ3) is 3.38. The summed E-state index contributed by atoms with van der Waals surface area (Å²) in [5.74, 6) is 0.914. The predicted molar refractivity (Wildman–Crippen MR) is 113 cm³/mol. The molecule has 0 aliphatic carbocycles. The smallest absolute Gasteiger partial charge is 0.138 e. The Labute approximate surface area is 170 Å². The van der Waals surface area contributed by atoms with Gasteiger partial charge in [0, 0.05) is 48.4 Å². The van der Waals surface area contributed by atoms with Gasteiger partial charge in [0.2, 0.25) is 0 Å². The summed E-state index contributed by atoms with van der Waals surface area (Å²) in [6.45, 7) is 6.75. The van der Waals surface area contributed by atoms with Crippen LogP contribution in [0.1, 0.15) is 28.3 Å². The van der Waals surface area contributed by atoms with Crippen molar-refractivity contribution in [3.63, 3.8) is 0 Å². The number of aromatic nitrogens is 3. The van der Waals surface area contributed by atoms with Crippen molar-refractivity contribution in [1.29, 1.82) is 0 Å². The van der Waals surface area contributed by atoms with Crippen LogP contribution < -0.4 is 0 Å². The van der Waals surface area contributed by atoms with Crippen LogP contribution in [0.25, 0.3) is 22.4 Å². The lowest BCUT2D eigenvalue weighted by molar-refractivity contribution is 0.243. The van der Waals surface area contributed by atoms with E-state index in [9.17, 15) is 0 Å². The van der Waals surface area contributed by atoms with Crippen LogP contribution in [0.4, 0.5) is 0 Å². The third-order valence-electron chi connectivity index (χ3n) is 5.84. The number of fused-ring (bicyclic) bond motifs is 1. The molecule has 5 nitrogen and oxygen atoms in total. The maximum absolute atomic E-state index is 5.34. The highest BCUT2D eigenvalue weighted by atomic mass is 16.5. The summed E-state index contributed by atoms with van der Waals surface area (Å²) in [7, 11) is 0. The Hall–Kier alpha value is -3.18. The van der Waals surface area contributed by atoms with Crippen LogP contribution >= 0.6 is 0 Å². The molecule has 1 aliphatic heterocycles. The molecule has 0 amide bonds. The van der Waals surface area contributed by atoms with Gasteiger partial charge in [-0.1, -0.05) is 59.8 Å². The van der Waals surface area contributed by atoms with Gasteiger partial charge in [0.15, 0.2) is 0 Å². The number of benzene rings is 2. The summed E-state index contributed by atoms with van der Waals surface area (Å²) in [5, 5.41) is 12.0. The van der Waals surface area contributed by atoms with Crippen molar-refractivity contribution in [1.82, 2.24) is 20.3 Å². The number of aryl methyl sites for hydroxylation is 2. The minimum atomic E-state index is 0.859. The molecular formula is C24H24N4O. The molecule has 4 aromatic rings. The number of hydrogen-bond acceptors (Lipinski definition) is 4. The van der Waals surface area contributed by atoms with Crippen LogP contribution in [0.5, 0.6) is 0 Å². The van der Waals surface area contributed by atoms with Gasteiger partial charge in [0.25, 0.3) is 0 Å². The van der Waals surface area contributed by atoms with Crippen molar-refractivity contribution < 1.29 is 4.52 Å². The number of hydrogen-bond donors (Lipinski definition) is 1. The van der Waals surface area contributed by atoms with Crippen LogP contribution in [-0.4, -0.2) is 26.8 Å². The molecule has 0 bridgehead atoms. The van der Waals surface area contributed by atoms with Crippen molar-refractivity contribution >= 4 is 0 Å². The number of nitrogens with zero attached hydrogens (tertiary/aromatic N) is 3. The zero-order chi connectivity index (χ0) is 19.8. The predicted octanol–water partition coefficient (Wildman–Crippen LogP) is 4.91. The van der Waals surface area contributed by atoms with Crippen LogP contribution in [0, 0.1) is 13.8 Å². The van der Waals surface area contributed by atoms with Gasteiger partial charge in [-0.25, -0.2) is 0 Å². The van der Waals surface area contributed by atoms with E-state index in [0.717, 1.165) is 48.8 Å². The Morgan fingerprint density at radius 2 is 1.69 bits per heavy atom. The van der Waals surface area contributed by atoms with E-state index in [1.807, 2.05) is 19.9 Å². The number of aromatic amines is 1. The van der Waals surface area contributed by atoms with Crippen LogP contribution in [0.2, 0.25) is 0 Å². The Balaban J connectivity index is 1.39. The summed E-state index contributed by atoms with van der Waals surface area (Å²) in [4.78, 5) is 2.45. The van der Waals surface area contributed by atoms with Crippen molar-refractivity contribution in [2.75, 3.05) is 6.54 Å². The zero-order valence-corrected chi connectivity index (χ0v) is 16.8. The third-order valence-corrected chi connectivity index (χ3v) is 5.84. The lowest BCUT2D eigenvalue weighted by Gasteiger charge is -2.27. The number of H-pyrrole nitrogens is 1. The second-order valence-corrected chi connectivity index (χ2v) is 7.74. The molecule has 2 aromatic heterocycles. The van der Waals surface area contributed by atoms with Gasteiger partial charge in [-0.2, -0.15) is 5.10 Å². The van der Waals surface area contributed by atoms with E-state index >= 15 is 0 Å². The van der Waals surface area contributed by atoms with E-state index in [4.69, 9.17) is 4.52 Å². The molecule has 2 aromatic carbocycles. The van der Waals surface area contributed by atoms with E-state index in [1.54, 1.807) is 0 Å². The fourth-order valence-corrected chi connectivity index (χ4v) is 4.13. The second-order valence-electron chi connectivity index (χ2n) is 7.74. The average molecular weight is 384 g/mol. The average Bonchev–Trinajstić information content (AvgIpc) is 3.33. The fraction of sp³-hybridized carbons (Fsp3) is 0.250. The molecule has 0 saturated carbocycles. The van der Waals surface area contributed by atoms with E-state index in [-0.39, 0.29) is 0 Å². The Morgan fingerprint density at radius 3 is 2.41 bits per heavy atom. The summed E-state index contributed by atoms with van der Waals surface area (Å²) in [5.41, 5.74) is 9.40. The Morgan fingerprint density at radius 1 is 0.966 bits per heavy atom. The van der Waals surface area contributed by atoms with Crippen molar-refractivity contribution in [3.05, 3.63) is 82.9 Å². The largest absolute Gasteiger partial charge is 0.361 e. The summed E-state index contributed by atoms with van der Waals surface area (Å²) in [6, 6.07) is 19.2. The quantitative estimate of drug-likeness (QED) is 0.543. The van der Waals surface area contributed by atoms with E-state index < -0.39 is 0 Å². The molecule has 29 heavy (non-hydrogen) atoms. The lowest BCUT2D eigenvalue weighted by atomic mass is 9.98. The summed E-state index contributed by atoms with van der Waals surface area (Å²) in [6.07, 6.45) is 0.980. The number of rotatable bonds is 4. The van der Waals surface area contributed by atoms with Gasteiger partial charge in [-0.3, -0.25) is 10.00 Å². The minimum absolute atomic E-state index is 0.859. The Bertz CT molecular complexity index is 1110. The molecule has 0 fully saturated rings. The molecule has 0 spiro atoms. The molecular weight excluding hydrogens is 360 g/mol. The van der Waals surface area contributed by atoms with Gasteiger partial charge in [-0.05, 0) is 25.0 Å². The maximum Gasteiger partial charge on any atom is 0.138 e. The van der Waals surface area contributed by atoms with Crippen LogP contribution in [0.3, 0.4) is 0 Å². The van der Waals surface area contributed by atoms with Gasteiger partial charge >= 0.3 is 0 Å². The second kappa shape index (κ2) is 7.33. The first-order valence-corrected chi connectivity index (χ1v) is 10.0. The molecule has 0 radical (unpaired) electrons. The molecule has 0 unspecified atom stereocenters. The highest BCUT2D eigenvalue weighted by Crippen LogP contribution is 2.31. The highest BCUT2D eigenvalue weighted by molar-refractivity contribution is 5.70. The first-order chi connectivity index (χ1) is 14.2. The molecule has 1 N–H and O–H groups in total. The SMILES string of the molecule is Cc1noc(C)c1CN1CCc2[nH]nc(-c3ccc(-c4ccccc4)cc3)c2C1. The molecule has 0 saturated heterocycles. The minimum Gasteiger partial charge on any atom is -0.361 e. The van der Waals surface area contributed by atoms with Gasteiger partial charge in [0.1, 0.15) is 5.76 Å². The van der Waals surface area contributed by atoms with Gasteiger partial charge in [-0.15, -0.1) is 0 Å². The fourth-order valence-electron chi connectivity index (χ4n) is 4.13. The highest BCUT2D eigenvalue weighted by Gasteiger charge is 2.24. The standard InChI is InChI=1S/C24H24N4O/c1-16-21(17(2)29-27-16)14-28-13-12-23-22(15-28)24(26-25-23)20-10-8-19(9-11-20)18-6-4-3-5-7-18/h3-11H,12-15H2,1-2H3,(H,25,26).